The Bertz CT molecular complexity index is 456. The number of nitrogens with zero attached hydrogens (tertiary/aromatic N) is 1. The Hall–Kier alpha value is -0.860. The molecular weight excluding hydrogens is 405 g/mol. The van der Waals surface area contributed by atoms with Crippen molar-refractivity contribution in [2.45, 2.75) is 24.8 Å². The van der Waals surface area contributed by atoms with Gasteiger partial charge >= 0.3 is 0 Å². The van der Waals surface area contributed by atoms with Gasteiger partial charge in [0.25, 0.3) is 0 Å². The molecule has 0 aromatic heterocycles. The van der Waals surface area contributed by atoms with Crippen LogP contribution in [0.3, 0.4) is 0 Å². The van der Waals surface area contributed by atoms with Gasteiger partial charge in [-0.15, -0.1) is 24.0 Å². The lowest BCUT2D eigenvalue weighted by molar-refractivity contribution is 0.0698. The molecular formula is C17H28IN3O2. The Morgan fingerprint density at radius 2 is 2.00 bits per heavy atom. The highest BCUT2D eigenvalue weighted by Crippen LogP contribution is 2.40. The molecule has 1 aliphatic rings. The van der Waals surface area contributed by atoms with Crippen LogP contribution in [-0.4, -0.2) is 52.5 Å². The number of aliphatic imine (C=N–C) groups is 1. The van der Waals surface area contributed by atoms with Crippen molar-refractivity contribution in [2.75, 3.05) is 40.5 Å². The van der Waals surface area contributed by atoms with Crippen LogP contribution in [0.4, 0.5) is 0 Å². The Morgan fingerprint density at radius 3 is 2.70 bits per heavy atom. The number of rotatable bonds is 9. The molecule has 2 rings (SSSR count). The summed E-state index contributed by atoms with van der Waals surface area (Å²) in [6.07, 6.45) is 2.13. The molecule has 1 aromatic carbocycles. The molecule has 2 N–H and O–H groups in total. The Labute approximate surface area is 156 Å². The van der Waals surface area contributed by atoms with E-state index >= 15 is 0 Å². The number of benzene rings is 1. The van der Waals surface area contributed by atoms with Crippen molar-refractivity contribution >= 4 is 29.9 Å². The van der Waals surface area contributed by atoms with Crippen LogP contribution in [0.15, 0.2) is 35.3 Å². The SMILES string of the molecule is CN=C(NCCCOCCOC)NC1CC1c1ccccc1.I. The second-order valence-electron chi connectivity index (χ2n) is 5.46. The van der Waals surface area contributed by atoms with Crippen molar-refractivity contribution in [3.63, 3.8) is 0 Å². The minimum Gasteiger partial charge on any atom is -0.382 e. The van der Waals surface area contributed by atoms with Crippen LogP contribution in [0, 0.1) is 0 Å². The number of hydrogen-bond donors (Lipinski definition) is 2. The first-order chi connectivity index (χ1) is 10.8. The van der Waals surface area contributed by atoms with E-state index in [1.165, 1.54) is 12.0 Å². The van der Waals surface area contributed by atoms with Crippen LogP contribution in [0.1, 0.15) is 24.3 Å². The molecule has 0 radical (unpaired) electrons. The van der Waals surface area contributed by atoms with E-state index in [0.29, 0.717) is 25.2 Å². The zero-order chi connectivity index (χ0) is 15.6. The maximum Gasteiger partial charge on any atom is 0.191 e. The number of methoxy groups -OCH3 is 1. The second kappa shape index (κ2) is 11.6. The van der Waals surface area contributed by atoms with E-state index in [4.69, 9.17) is 9.47 Å². The summed E-state index contributed by atoms with van der Waals surface area (Å²) >= 11 is 0. The van der Waals surface area contributed by atoms with Gasteiger partial charge in [-0.3, -0.25) is 4.99 Å². The highest BCUT2D eigenvalue weighted by molar-refractivity contribution is 14.0. The standard InChI is InChI=1S/C17H27N3O2.HI/c1-18-17(19-9-6-10-22-12-11-21-2)20-16-13-15(16)14-7-4-3-5-8-14;/h3-5,7-8,15-16H,6,9-13H2,1-2H3,(H2,18,19,20);1H. The smallest absolute Gasteiger partial charge is 0.191 e. The highest BCUT2D eigenvalue weighted by Gasteiger charge is 2.38. The minimum atomic E-state index is 0. The molecule has 130 valence electrons. The zero-order valence-electron chi connectivity index (χ0n) is 14.0. The van der Waals surface area contributed by atoms with Gasteiger partial charge in [0.2, 0.25) is 0 Å². The molecule has 2 atom stereocenters. The highest BCUT2D eigenvalue weighted by atomic mass is 127. The third-order valence-electron chi connectivity index (χ3n) is 3.75. The predicted octanol–water partition coefficient (Wildman–Crippen LogP) is 2.38. The molecule has 0 aliphatic heterocycles. The van der Waals surface area contributed by atoms with E-state index in [1.54, 1.807) is 7.11 Å². The van der Waals surface area contributed by atoms with E-state index in [9.17, 15) is 0 Å². The monoisotopic (exact) mass is 433 g/mol. The number of ether oxygens (including phenoxy) is 2. The van der Waals surface area contributed by atoms with Gasteiger partial charge in [-0.05, 0) is 18.4 Å². The fourth-order valence-corrected chi connectivity index (χ4v) is 2.42. The average Bonchev–Trinajstić information content (AvgIpc) is 3.33. The second-order valence-corrected chi connectivity index (χ2v) is 5.46. The predicted molar refractivity (Wildman–Crippen MR) is 105 cm³/mol. The summed E-state index contributed by atoms with van der Waals surface area (Å²) in [6, 6.07) is 11.1. The number of halogens is 1. The maximum atomic E-state index is 5.43. The van der Waals surface area contributed by atoms with Gasteiger partial charge < -0.3 is 20.1 Å². The van der Waals surface area contributed by atoms with E-state index in [2.05, 4.69) is 46.0 Å². The molecule has 1 fully saturated rings. The normalized spacial score (nSPS) is 19.8. The van der Waals surface area contributed by atoms with Gasteiger partial charge in [-0.25, -0.2) is 0 Å². The van der Waals surface area contributed by atoms with Crippen LogP contribution < -0.4 is 10.6 Å². The zero-order valence-corrected chi connectivity index (χ0v) is 16.3. The van der Waals surface area contributed by atoms with Crippen LogP contribution in [0.25, 0.3) is 0 Å². The van der Waals surface area contributed by atoms with E-state index in [-0.39, 0.29) is 24.0 Å². The Kier molecular flexibility index (Phi) is 10.2. The van der Waals surface area contributed by atoms with Gasteiger partial charge in [0.15, 0.2) is 5.96 Å². The molecule has 5 nitrogen and oxygen atoms in total. The summed E-state index contributed by atoms with van der Waals surface area (Å²) < 4.78 is 10.4. The molecule has 0 heterocycles. The fourth-order valence-electron chi connectivity index (χ4n) is 2.42. The third-order valence-corrected chi connectivity index (χ3v) is 3.75. The van der Waals surface area contributed by atoms with E-state index < -0.39 is 0 Å². The van der Waals surface area contributed by atoms with Crippen molar-refractivity contribution in [2.24, 2.45) is 4.99 Å². The molecule has 1 aliphatic carbocycles. The third kappa shape index (κ3) is 7.50. The molecule has 0 amide bonds. The molecule has 0 spiro atoms. The molecule has 0 bridgehead atoms. The Balaban J connectivity index is 0.00000264. The van der Waals surface area contributed by atoms with E-state index in [1.807, 2.05) is 7.05 Å². The summed E-state index contributed by atoms with van der Waals surface area (Å²) in [4.78, 5) is 4.28. The lowest BCUT2D eigenvalue weighted by Crippen LogP contribution is -2.39. The first kappa shape index (κ1) is 20.2. The number of hydrogen-bond acceptors (Lipinski definition) is 3. The summed E-state index contributed by atoms with van der Waals surface area (Å²) in [5.74, 6) is 1.48. The van der Waals surface area contributed by atoms with Gasteiger partial charge in [0.1, 0.15) is 0 Å². The first-order valence-corrected chi connectivity index (χ1v) is 7.94. The molecule has 1 saturated carbocycles. The topological polar surface area (TPSA) is 54.9 Å². The number of nitrogens with one attached hydrogen (secondary N) is 2. The molecule has 2 unspecified atom stereocenters. The largest absolute Gasteiger partial charge is 0.382 e. The summed E-state index contributed by atoms with van der Waals surface area (Å²) in [5, 5.41) is 6.81. The van der Waals surface area contributed by atoms with Gasteiger partial charge in [0.05, 0.1) is 13.2 Å². The molecule has 1 aromatic rings. The van der Waals surface area contributed by atoms with Gasteiger partial charge in [0, 0.05) is 39.3 Å². The van der Waals surface area contributed by atoms with Crippen molar-refractivity contribution < 1.29 is 9.47 Å². The van der Waals surface area contributed by atoms with Crippen molar-refractivity contribution in [1.29, 1.82) is 0 Å². The van der Waals surface area contributed by atoms with Crippen molar-refractivity contribution in [1.82, 2.24) is 10.6 Å². The summed E-state index contributed by atoms with van der Waals surface area (Å²) in [7, 11) is 3.49. The first-order valence-electron chi connectivity index (χ1n) is 7.94. The maximum absolute atomic E-state index is 5.43. The van der Waals surface area contributed by atoms with Crippen molar-refractivity contribution in [3.05, 3.63) is 35.9 Å². The van der Waals surface area contributed by atoms with Crippen LogP contribution >= 0.6 is 24.0 Å². The van der Waals surface area contributed by atoms with Crippen LogP contribution in [0.5, 0.6) is 0 Å². The van der Waals surface area contributed by atoms with Gasteiger partial charge in [-0.2, -0.15) is 0 Å². The van der Waals surface area contributed by atoms with Crippen molar-refractivity contribution in [3.8, 4) is 0 Å². The summed E-state index contributed by atoms with van der Waals surface area (Å²) in [6.45, 7) is 2.91. The van der Waals surface area contributed by atoms with Crippen LogP contribution in [-0.2, 0) is 9.47 Å². The molecule has 0 saturated heterocycles. The lowest BCUT2D eigenvalue weighted by atomic mass is 10.1. The lowest BCUT2D eigenvalue weighted by Gasteiger charge is -2.12. The fraction of sp³-hybridized carbons (Fsp3) is 0.588. The van der Waals surface area contributed by atoms with Gasteiger partial charge in [-0.1, -0.05) is 30.3 Å². The minimum absolute atomic E-state index is 0. The Morgan fingerprint density at radius 1 is 1.22 bits per heavy atom. The molecule has 23 heavy (non-hydrogen) atoms. The average molecular weight is 433 g/mol. The van der Waals surface area contributed by atoms with E-state index in [0.717, 1.165) is 25.5 Å². The molecule has 6 heteroatoms. The summed E-state index contributed by atoms with van der Waals surface area (Å²) in [5.41, 5.74) is 1.40. The quantitative estimate of drug-likeness (QED) is 0.272. The number of guanidine groups is 1. The van der Waals surface area contributed by atoms with Crippen LogP contribution in [0.2, 0.25) is 0 Å².